The van der Waals surface area contributed by atoms with E-state index in [0.717, 1.165) is 9.37 Å². The Bertz CT molecular complexity index is 392. The summed E-state index contributed by atoms with van der Waals surface area (Å²) in [5.41, 5.74) is 0.629. The molecule has 86 valence electrons. The summed E-state index contributed by atoms with van der Waals surface area (Å²) in [5, 5.41) is 4.95. The molecule has 0 unspecified atom stereocenters. The van der Waals surface area contributed by atoms with Gasteiger partial charge in [0.2, 0.25) is 0 Å². The van der Waals surface area contributed by atoms with E-state index in [-0.39, 0.29) is 0 Å². The topological polar surface area (TPSA) is 61.4 Å². The number of urea groups is 2. The molecule has 0 bridgehead atoms. The minimum atomic E-state index is -0.485. The maximum Gasteiger partial charge on any atom is 0.329 e. The van der Waals surface area contributed by atoms with E-state index in [1.165, 1.54) is 14.1 Å². The molecule has 0 aliphatic heterocycles. The van der Waals surface area contributed by atoms with E-state index in [9.17, 15) is 9.59 Å². The Morgan fingerprint density at radius 2 is 1.75 bits per heavy atom. The van der Waals surface area contributed by atoms with Gasteiger partial charge in [0, 0.05) is 24.3 Å². The fraction of sp³-hybridized carbons (Fsp3) is 0.200. The number of benzene rings is 1. The lowest BCUT2D eigenvalue weighted by atomic mass is 10.3. The van der Waals surface area contributed by atoms with Gasteiger partial charge < -0.3 is 10.6 Å². The molecule has 4 amide bonds. The largest absolute Gasteiger partial charge is 0.341 e. The molecule has 0 saturated carbocycles. The smallest absolute Gasteiger partial charge is 0.329 e. The van der Waals surface area contributed by atoms with Crippen molar-refractivity contribution in [3.8, 4) is 0 Å². The van der Waals surface area contributed by atoms with Crippen LogP contribution in [-0.4, -0.2) is 31.1 Å². The number of anilines is 1. The summed E-state index contributed by atoms with van der Waals surface area (Å²) in [6.07, 6.45) is 0. The molecule has 16 heavy (non-hydrogen) atoms. The van der Waals surface area contributed by atoms with Crippen LogP contribution in [0.25, 0.3) is 0 Å². The normalized spacial score (nSPS) is 9.44. The van der Waals surface area contributed by atoms with Crippen LogP contribution in [0, 0.1) is 0 Å². The molecule has 0 radical (unpaired) electrons. The monoisotopic (exact) mass is 285 g/mol. The quantitative estimate of drug-likeness (QED) is 0.831. The van der Waals surface area contributed by atoms with Crippen molar-refractivity contribution < 1.29 is 9.59 Å². The van der Waals surface area contributed by atoms with Crippen LogP contribution in [-0.2, 0) is 0 Å². The second-order valence-electron chi connectivity index (χ2n) is 3.05. The molecule has 0 heterocycles. The van der Waals surface area contributed by atoms with Gasteiger partial charge >= 0.3 is 12.1 Å². The Morgan fingerprint density at radius 1 is 1.19 bits per heavy atom. The van der Waals surface area contributed by atoms with Gasteiger partial charge in [-0.1, -0.05) is 15.9 Å². The van der Waals surface area contributed by atoms with Crippen LogP contribution in [0.5, 0.6) is 0 Å². The van der Waals surface area contributed by atoms with Gasteiger partial charge in [0.05, 0.1) is 0 Å². The number of carbonyl (C=O) groups is 2. The third-order valence-electron chi connectivity index (χ3n) is 1.92. The van der Waals surface area contributed by atoms with E-state index < -0.39 is 12.1 Å². The van der Waals surface area contributed by atoms with E-state index in [1.807, 2.05) is 0 Å². The van der Waals surface area contributed by atoms with E-state index in [0.29, 0.717) is 5.69 Å². The van der Waals surface area contributed by atoms with Crippen molar-refractivity contribution >= 4 is 33.7 Å². The predicted octanol–water partition coefficient (Wildman–Crippen LogP) is 2.25. The van der Waals surface area contributed by atoms with Crippen molar-refractivity contribution in [2.24, 2.45) is 0 Å². The number of rotatable bonds is 1. The summed E-state index contributed by atoms with van der Waals surface area (Å²) in [7, 11) is 2.86. The third-order valence-corrected chi connectivity index (χ3v) is 2.45. The summed E-state index contributed by atoms with van der Waals surface area (Å²) in [4.78, 5) is 23.6. The fourth-order valence-electron chi connectivity index (χ4n) is 1.00. The molecule has 0 aromatic heterocycles. The molecule has 2 N–H and O–H groups in total. The molecular formula is C10H12BrN3O2. The van der Waals surface area contributed by atoms with Crippen molar-refractivity contribution in [3.05, 3.63) is 28.7 Å². The van der Waals surface area contributed by atoms with Crippen LogP contribution >= 0.6 is 15.9 Å². The van der Waals surface area contributed by atoms with Gasteiger partial charge in [-0.05, 0) is 24.3 Å². The van der Waals surface area contributed by atoms with Crippen LogP contribution in [0.3, 0.4) is 0 Å². The molecule has 0 aliphatic rings. The highest BCUT2D eigenvalue weighted by Crippen LogP contribution is 2.14. The second kappa shape index (κ2) is 5.50. The third kappa shape index (κ3) is 3.23. The molecule has 1 aromatic rings. The van der Waals surface area contributed by atoms with E-state index in [1.54, 1.807) is 24.3 Å². The predicted molar refractivity (Wildman–Crippen MR) is 65.4 cm³/mol. The Morgan fingerprint density at radius 3 is 2.25 bits per heavy atom. The molecule has 0 aliphatic carbocycles. The lowest BCUT2D eigenvalue weighted by Crippen LogP contribution is -2.41. The average Bonchev–Trinajstić information content (AvgIpc) is 2.30. The highest BCUT2D eigenvalue weighted by atomic mass is 79.9. The lowest BCUT2D eigenvalue weighted by Gasteiger charge is -2.15. The van der Waals surface area contributed by atoms with Crippen molar-refractivity contribution in [2.75, 3.05) is 19.4 Å². The molecule has 0 atom stereocenters. The Balaban J connectivity index is 2.64. The van der Waals surface area contributed by atoms with E-state index in [4.69, 9.17) is 0 Å². The Hall–Kier alpha value is -1.56. The van der Waals surface area contributed by atoms with E-state index in [2.05, 4.69) is 26.6 Å². The van der Waals surface area contributed by atoms with Gasteiger partial charge in [-0.3, -0.25) is 0 Å². The maximum atomic E-state index is 11.5. The van der Waals surface area contributed by atoms with Crippen molar-refractivity contribution in [2.45, 2.75) is 0 Å². The number of carbonyl (C=O) groups excluding carboxylic acids is 2. The Labute approximate surface area is 102 Å². The first-order chi connectivity index (χ1) is 7.54. The average molecular weight is 286 g/mol. The molecule has 0 fully saturated rings. The molecule has 6 heteroatoms. The zero-order valence-electron chi connectivity index (χ0n) is 8.95. The van der Waals surface area contributed by atoms with Crippen LogP contribution in [0.4, 0.5) is 15.3 Å². The number of imide groups is 1. The molecule has 1 rings (SSSR count). The van der Waals surface area contributed by atoms with Gasteiger partial charge in [-0.15, -0.1) is 0 Å². The minimum absolute atomic E-state index is 0.463. The highest BCUT2D eigenvalue weighted by Gasteiger charge is 2.14. The van der Waals surface area contributed by atoms with Crippen LogP contribution in [0.1, 0.15) is 0 Å². The van der Waals surface area contributed by atoms with E-state index >= 15 is 0 Å². The highest BCUT2D eigenvalue weighted by molar-refractivity contribution is 9.10. The zero-order valence-corrected chi connectivity index (χ0v) is 10.5. The van der Waals surface area contributed by atoms with Gasteiger partial charge in [0.25, 0.3) is 0 Å². The first-order valence-electron chi connectivity index (χ1n) is 4.56. The van der Waals surface area contributed by atoms with Crippen LogP contribution in [0.15, 0.2) is 28.7 Å². The first kappa shape index (κ1) is 12.5. The SMILES string of the molecule is CNC(=O)N(C)C(=O)Nc1ccc(Br)cc1. The second-order valence-corrected chi connectivity index (χ2v) is 3.97. The summed E-state index contributed by atoms with van der Waals surface area (Å²) in [6, 6.07) is 6.13. The molecular weight excluding hydrogens is 274 g/mol. The minimum Gasteiger partial charge on any atom is -0.341 e. The van der Waals surface area contributed by atoms with Gasteiger partial charge in [-0.2, -0.15) is 0 Å². The number of amides is 4. The standard InChI is InChI=1S/C10H12BrN3O2/c1-12-9(15)14(2)10(16)13-8-5-3-7(11)4-6-8/h3-6H,1-2H3,(H,12,15)(H,13,16). The summed E-state index contributed by atoms with van der Waals surface area (Å²) >= 11 is 3.29. The lowest BCUT2D eigenvalue weighted by molar-refractivity contribution is 0.203. The number of nitrogens with zero attached hydrogens (tertiary/aromatic N) is 1. The number of hydrogen-bond acceptors (Lipinski definition) is 2. The van der Waals surface area contributed by atoms with Crippen LogP contribution in [0.2, 0.25) is 0 Å². The Kier molecular flexibility index (Phi) is 4.30. The van der Waals surface area contributed by atoms with Gasteiger partial charge in [0.1, 0.15) is 0 Å². The first-order valence-corrected chi connectivity index (χ1v) is 5.36. The molecule has 1 aromatic carbocycles. The zero-order chi connectivity index (χ0) is 12.1. The molecule has 0 spiro atoms. The summed E-state index contributed by atoms with van der Waals surface area (Å²) in [5.74, 6) is 0. The van der Waals surface area contributed by atoms with Crippen molar-refractivity contribution in [3.63, 3.8) is 0 Å². The van der Waals surface area contributed by atoms with Gasteiger partial charge in [-0.25, -0.2) is 14.5 Å². The molecule has 0 saturated heterocycles. The number of halogens is 1. The summed E-state index contributed by atoms with van der Waals surface area (Å²) < 4.78 is 0.921. The molecule has 5 nitrogen and oxygen atoms in total. The number of nitrogens with one attached hydrogen (secondary N) is 2. The van der Waals surface area contributed by atoms with Crippen molar-refractivity contribution in [1.82, 2.24) is 10.2 Å². The number of hydrogen-bond donors (Lipinski definition) is 2. The van der Waals surface area contributed by atoms with Crippen molar-refractivity contribution in [1.29, 1.82) is 0 Å². The fourth-order valence-corrected chi connectivity index (χ4v) is 1.26. The van der Waals surface area contributed by atoms with Gasteiger partial charge in [0.15, 0.2) is 0 Å². The van der Waals surface area contributed by atoms with Crippen LogP contribution < -0.4 is 10.6 Å². The maximum absolute atomic E-state index is 11.5. The summed E-state index contributed by atoms with van der Waals surface area (Å²) in [6.45, 7) is 0.